The number of piperazine rings is 1. The Morgan fingerprint density at radius 2 is 1.84 bits per heavy atom. The summed E-state index contributed by atoms with van der Waals surface area (Å²) in [5, 5.41) is 4.17. The van der Waals surface area contributed by atoms with Gasteiger partial charge in [-0.1, -0.05) is 0 Å². The molecule has 1 aromatic carbocycles. The van der Waals surface area contributed by atoms with Crippen molar-refractivity contribution in [3.8, 4) is 5.75 Å². The molecule has 0 unspecified atom stereocenters. The summed E-state index contributed by atoms with van der Waals surface area (Å²) in [6.45, 7) is 6.81. The first-order valence-corrected chi connectivity index (χ1v) is 10.7. The van der Waals surface area contributed by atoms with Gasteiger partial charge in [0, 0.05) is 37.4 Å². The van der Waals surface area contributed by atoms with Crippen molar-refractivity contribution >= 4 is 28.5 Å². The second-order valence-electron chi connectivity index (χ2n) is 8.60. The van der Waals surface area contributed by atoms with E-state index in [1.54, 1.807) is 7.11 Å². The van der Waals surface area contributed by atoms with Crippen LogP contribution in [-0.4, -0.2) is 59.6 Å². The van der Waals surface area contributed by atoms with Gasteiger partial charge in [-0.3, -0.25) is 4.79 Å². The molecule has 3 aromatic rings. The molecule has 8 heteroatoms. The van der Waals surface area contributed by atoms with Crippen LogP contribution in [0.5, 0.6) is 5.75 Å². The molecule has 1 saturated carbocycles. The second-order valence-corrected chi connectivity index (χ2v) is 8.60. The van der Waals surface area contributed by atoms with Crippen LogP contribution in [0.2, 0.25) is 0 Å². The Bertz CT molecular complexity index is 1110. The fourth-order valence-electron chi connectivity index (χ4n) is 4.11. The lowest BCUT2D eigenvalue weighted by molar-refractivity contribution is 0.0746. The zero-order valence-electron chi connectivity index (χ0n) is 18.1. The van der Waals surface area contributed by atoms with Crippen LogP contribution in [0.25, 0.3) is 11.1 Å². The monoisotopic (exact) mass is 421 g/mol. The largest absolute Gasteiger partial charge is 0.497 e. The van der Waals surface area contributed by atoms with Crippen LogP contribution in [0.15, 0.2) is 35.0 Å². The van der Waals surface area contributed by atoms with Gasteiger partial charge in [0.25, 0.3) is 5.91 Å². The molecule has 2 fully saturated rings. The Labute approximate surface area is 181 Å². The number of methoxy groups -OCH3 is 1. The first kappa shape index (κ1) is 19.7. The molecule has 0 radical (unpaired) electrons. The lowest BCUT2D eigenvalue weighted by atomic mass is 10.1. The Morgan fingerprint density at radius 3 is 2.48 bits per heavy atom. The normalized spacial score (nSPS) is 17.6. The third-order valence-electron chi connectivity index (χ3n) is 6.30. The van der Waals surface area contributed by atoms with E-state index in [2.05, 4.69) is 39.2 Å². The molecule has 0 bridgehead atoms. The van der Waals surface area contributed by atoms with Gasteiger partial charge in [-0.2, -0.15) is 0 Å². The average molecular weight is 422 g/mol. The highest BCUT2D eigenvalue weighted by Crippen LogP contribution is 2.40. The van der Waals surface area contributed by atoms with Crippen molar-refractivity contribution < 1.29 is 13.9 Å². The number of anilines is 2. The first-order chi connectivity index (χ1) is 15.0. The van der Waals surface area contributed by atoms with Gasteiger partial charge in [0.15, 0.2) is 0 Å². The number of nitrogens with zero attached hydrogens (tertiary/aromatic N) is 4. The van der Waals surface area contributed by atoms with E-state index in [1.807, 2.05) is 24.0 Å². The Kier molecular flexibility index (Phi) is 4.72. The van der Waals surface area contributed by atoms with Gasteiger partial charge in [0.2, 0.25) is 5.71 Å². The molecule has 0 spiro atoms. The number of benzene rings is 1. The number of carbonyl (C=O) groups excluding carboxylic acids is 1. The van der Waals surface area contributed by atoms with Crippen LogP contribution >= 0.6 is 0 Å². The van der Waals surface area contributed by atoms with Gasteiger partial charge in [-0.25, -0.2) is 9.97 Å². The van der Waals surface area contributed by atoms with Gasteiger partial charge in [0.1, 0.15) is 23.7 Å². The molecule has 2 aliphatic rings. The summed E-state index contributed by atoms with van der Waals surface area (Å²) < 4.78 is 11.1. The van der Waals surface area contributed by atoms with E-state index in [9.17, 15) is 4.79 Å². The first-order valence-electron chi connectivity index (χ1n) is 10.7. The number of amides is 1. The number of furan rings is 1. The lowest BCUT2D eigenvalue weighted by Crippen LogP contribution is -2.48. The number of aromatic nitrogens is 2. The predicted molar refractivity (Wildman–Crippen MR) is 119 cm³/mol. The minimum absolute atomic E-state index is 0.0237. The van der Waals surface area contributed by atoms with Gasteiger partial charge < -0.3 is 24.3 Å². The van der Waals surface area contributed by atoms with Gasteiger partial charge in [-0.15, -0.1) is 0 Å². The topological polar surface area (TPSA) is 83.7 Å². The molecular weight excluding hydrogens is 394 g/mol. The van der Waals surface area contributed by atoms with Crippen LogP contribution < -0.4 is 15.0 Å². The number of aryl methyl sites for hydroxylation is 1. The number of rotatable bonds is 5. The Morgan fingerprint density at radius 1 is 1.13 bits per heavy atom. The maximum Gasteiger partial charge on any atom is 0.258 e. The summed E-state index contributed by atoms with van der Waals surface area (Å²) >= 11 is 0. The van der Waals surface area contributed by atoms with Gasteiger partial charge >= 0.3 is 0 Å². The number of hydrogen-bond acceptors (Lipinski definition) is 7. The van der Waals surface area contributed by atoms with Crippen molar-refractivity contribution in [1.29, 1.82) is 0 Å². The van der Waals surface area contributed by atoms with Crippen molar-refractivity contribution in [3.63, 3.8) is 0 Å². The van der Waals surface area contributed by atoms with E-state index in [0.717, 1.165) is 37.4 Å². The molecule has 1 amide bonds. The zero-order chi connectivity index (χ0) is 21.6. The fraction of sp³-hybridized carbons (Fsp3) is 0.435. The van der Waals surface area contributed by atoms with E-state index in [1.165, 1.54) is 6.33 Å². The highest BCUT2D eigenvalue weighted by atomic mass is 16.5. The van der Waals surface area contributed by atoms with Gasteiger partial charge in [-0.05, 0) is 51.0 Å². The van der Waals surface area contributed by atoms with Crippen LogP contribution in [-0.2, 0) is 0 Å². The molecule has 2 aromatic heterocycles. The molecule has 1 aliphatic carbocycles. The zero-order valence-corrected chi connectivity index (χ0v) is 18.1. The van der Waals surface area contributed by atoms with Crippen LogP contribution in [0, 0.1) is 6.92 Å². The predicted octanol–water partition coefficient (Wildman–Crippen LogP) is 3.47. The van der Waals surface area contributed by atoms with Crippen molar-refractivity contribution in [2.75, 3.05) is 43.5 Å². The molecule has 5 rings (SSSR count). The molecule has 1 aliphatic heterocycles. The smallest absolute Gasteiger partial charge is 0.258 e. The highest BCUT2D eigenvalue weighted by Gasteiger charge is 2.39. The molecule has 162 valence electrons. The molecule has 0 atom stereocenters. The maximum atomic E-state index is 13.5. The van der Waals surface area contributed by atoms with E-state index in [-0.39, 0.29) is 11.4 Å². The third kappa shape index (κ3) is 3.66. The number of fused-ring (bicyclic) bond motifs is 1. The number of carbonyl (C=O) groups is 1. The standard InChI is InChI=1S/C23H27N5O3/c1-15-18(19-20(26-23(2)8-9-23)24-14-25-21(19)31-15)22(29)28-12-10-27(11-13-28)16-4-6-17(30-3)7-5-16/h4-7,14H,8-13H2,1-3H3,(H,24,25,26). The minimum atomic E-state index is -0.0237. The third-order valence-corrected chi connectivity index (χ3v) is 6.30. The number of nitrogens with one attached hydrogen (secondary N) is 1. The Balaban J connectivity index is 1.36. The van der Waals surface area contributed by atoms with Crippen LogP contribution in [0.3, 0.4) is 0 Å². The van der Waals surface area contributed by atoms with Crippen molar-refractivity contribution in [1.82, 2.24) is 14.9 Å². The summed E-state index contributed by atoms with van der Waals surface area (Å²) in [5.74, 6) is 2.08. The highest BCUT2D eigenvalue weighted by molar-refractivity contribution is 6.10. The van der Waals surface area contributed by atoms with E-state index in [4.69, 9.17) is 9.15 Å². The van der Waals surface area contributed by atoms with Crippen molar-refractivity contribution in [3.05, 3.63) is 41.9 Å². The Hall–Kier alpha value is -3.29. The van der Waals surface area contributed by atoms with E-state index < -0.39 is 0 Å². The van der Waals surface area contributed by atoms with Crippen LogP contribution in [0.4, 0.5) is 11.5 Å². The second kappa shape index (κ2) is 7.44. The van der Waals surface area contributed by atoms with E-state index >= 15 is 0 Å². The summed E-state index contributed by atoms with van der Waals surface area (Å²) in [6, 6.07) is 8.03. The van der Waals surface area contributed by atoms with Crippen molar-refractivity contribution in [2.45, 2.75) is 32.2 Å². The SMILES string of the molecule is COc1ccc(N2CCN(C(=O)c3c(C)oc4ncnc(NC5(C)CC5)c34)CC2)cc1. The maximum absolute atomic E-state index is 13.5. The molecule has 31 heavy (non-hydrogen) atoms. The summed E-state index contributed by atoms with van der Waals surface area (Å²) in [6.07, 6.45) is 3.67. The molecular formula is C23H27N5O3. The van der Waals surface area contributed by atoms with Gasteiger partial charge in [0.05, 0.1) is 18.1 Å². The summed E-state index contributed by atoms with van der Waals surface area (Å²) in [5.41, 5.74) is 2.20. The summed E-state index contributed by atoms with van der Waals surface area (Å²) in [4.78, 5) is 26.4. The number of hydrogen-bond donors (Lipinski definition) is 1. The lowest BCUT2D eigenvalue weighted by Gasteiger charge is -2.36. The van der Waals surface area contributed by atoms with Crippen LogP contribution in [0.1, 0.15) is 35.9 Å². The number of ether oxygens (including phenoxy) is 1. The minimum Gasteiger partial charge on any atom is -0.497 e. The molecule has 3 heterocycles. The van der Waals surface area contributed by atoms with Crippen molar-refractivity contribution in [2.24, 2.45) is 0 Å². The quantitative estimate of drug-likeness (QED) is 0.675. The molecule has 1 saturated heterocycles. The summed E-state index contributed by atoms with van der Waals surface area (Å²) in [7, 11) is 1.66. The average Bonchev–Trinajstić information content (AvgIpc) is 3.41. The van der Waals surface area contributed by atoms with E-state index in [0.29, 0.717) is 41.3 Å². The molecule has 1 N–H and O–H groups in total. The molecule has 8 nitrogen and oxygen atoms in total. The fourth-order valence-corrected chi connectivity index (χ4v) is 4.11.